The van der Waals surface area contributed by atoms with Gasteiger partial charge in [0.1, 0.15) is 10.8 Å². The van der Waals surface area contributed by atoms with E-state index in [1.54, 1.807) is 18.4 Å². The summed E-state index contributed by atoms with van der Waals surface area (Å²) in [6.45, 7) is 4.98. The SMILES string of the molecule is COc1c(Br)cc(CNC(C)c2ncc(C)s2)cc1Br. The lowest BCUT2D eigenvalue weighted by molar-refractivity contribution is 0.409. The van der Waals surface area contributed by atoms with E-state index in [0.717, 1.165) is 26.2 Å². The molecule has 0 saturated heterocycles. The summed E-state index contributed by atoms with van der Waals surface area (Å²) >= 11 is 8.77. The van der Waals surface area contributed by atoms with Crippen LogP contribution >= 0.6 is 43.2 Å². The van der Waals surface area contributed by atoms with Crippen molar-refractivity contribution in [2.24, 2.45) is 0 Å². The van der Waals surface area contributed by atoms with E-state index >= 15 is 0 Å². The van der Waals surface area contributed by atoms with Crippen LogP contribution in [0.15, 0.2) is 27.3 Å². The van der Waals surface area contributed by atoms with Gasteiger partial charge in [0.05, 0.1) is 22.1 Å². The molecule has 108 valence electrons. The number of aryl methyl sites for hydroxylation is 1. The number of methoxy groups -OCH3 is 1. The summed E-state index contributed by atoms with van der Waals surface area (Å²) < 4.78 is 7.20. The highest BCUT2D eigenvalue weighted by Gasteiger charge is 2.11. The van der Waals surface area contributed by atoms with E-state index in [2.05, 4.69) is 68.1 Å². The molecule has 6 heteroatoms. The smallest absolute Gasteiger partial charge is 0.147 e. The van der Waals surface area contributed by atoms with E-state index in [0.29, 0.717) is 0 Å². The monoisotopic (exact) mass is 418 g/mol. The normalized spacial score (nSPS) is 12.4. The third kappa shape index (κ3) is 3.81. The van der Waals surface area contributed by atoms with Gasteiger partial charge in [-0.05, 0) is 63.4 Å². The zero-order chi connectivity index (χ0) is 14.7. The van der Waals surface area contributed by atoms with E-state index in [9.17, 15) is 0 Å². The van der Waals surface area contributed by atoms with Crippen LogP contribution in [0.1, 0.15) is 28.4 Å². The zero-order valence-corrected chi connectivity index (χ0v) is 15.5. The van der Waals surface area contributed by atoms with E-state index in [-0.39, 0.29) is 6.04 Å². The molecule has 3 nitrogen and oxygen atoms in total. The van der Waals surface area contributed by atoms with E-state index in [4.69, 9.17) is 4.74 Å². The maximum Gasteiger partial charge on any atom is 0.147 e. The molecule has 2 rings (SSSR count). The number of hydrogen-bond acceptors (Lipinski definition) is 4. The quantitative estimate of drug-likeness (QED) is 0.752. The number of nitrogens with one attached hydrogen (secondary N) is 1. The van der Waals surface area contributed by atoms with Gasteiger partial charge in [-0.15, -0.1) is 11.3 Å². The van der Waals surface area contributed by atoms with Gasteiger partial charge < -0.3 is 10.1 Å². The molecule has 1 heterocycles. The first kappa shape index (κ1) is 15.9. The van der Waals surface area contributed by atoms with Gasteiger partial charge in [0.25, 0.3) is 0 Å². The largest absolute Gasteiger partial charge is 0.494 e. The van der Waals surface area contributed by atoms with Gasteiger partial charge in [-0.25, -0.2) is 4.98 Å². The van der Waals surface area contributed by atoms with Gasteiger partial charge in [0.2, 0.25) is 0 Å². The molecule has 0 radical (unpaired) electrons. The van der Waals surface area contributed by atoms with Crippen LogP contribution in [-0.4, -0.2) is 12.1 Å². The molecule has 0 aliphatic carbocycles. The number of rotatable bonds is 5. The molecule has 0 saturated carbocycles. The second kappa shape index (κ2) is 7.02. The molecule has 1 aromatic carbocycles. The number of benzene rings is 1. The number of ether oxygens (including phenoxy) is 1. The van der Waals surface area contributed by atoms with Crippen LogP contribution in [0.3, 0.4) is 0 Å². The highest BCUT2D eigenvalue weighted by Crippen LogP contribution is 2.34. The van der Waals surface area contributed by atoms with Crippen LogP contribution in [0.5, 0.6) is 5.75 Å². The van der Waals surface area contributed by atoms with Crippen LogP contribution in [0.4, 0.5) is 0 Å². The molecular formula is C14H16Br2N2OS. The second-order valence-corrected chi connectivity index (χ2v) is 7.48. The highest BCUT2D eigenvalue weighted by atomic mass is 79.9. The van der Waals surface area contributed by atoms with E-state index in [1.165, 1.54) is 10.4 Å². The minimum atomic E-state index is 0.244. The number of thiazole rings is 1. The minimum Gasteiger partial charge on any atom is -0.494 e. The van der Waals surface area contributed by atoms with Crippen LogP contribution in [-0.2, 0) is 6.54 Å². The van der Waals surface area contributed by atoms with E-state index < -0.39 is 0 Å². The Balaban J connectivity index is 2.04. The molecule has 0 spiro atoms. The van der Waals surface area contributed by atoms with Crippen molar-refractivity contribution >= 4 is 43.2 Å². The zero-order valence-electron chi connectivity index (χ0n) is 11.5. The van der Waals surface area contributed by atoms with Crippen LogP contribution < -0.4 is 10.1 Å². The Hall–Kier alpha value is -0.430. The first-order chi connectivity index (χ1) is 9.51. The van der Waals surface area contributed by atoms with Gasteiger partial charge in [0, 0.05) is 17.6 Å². The molecule has 0 bridgehead atoms. The van der Waals surface area contributed by atoms with Crippen molar-refractivity contribution in [2.75, 3.05) is 7.11 Å². The lowest BCUT2D eigenvalue weighted by Gasteiger charge is -2.13. The number of nitrogens with zero attached hydrogens (tertiary/aromatic N) is 1. The van der Waals surface area contributed by atoms with Crippen molar-refractivity contribution in [1.29, 1.82) is 0 Å². The minimum absolute atomic E-state index is 0.244. The molecule has 1 aromatic heterocycles. The Bertz CT molecular complexity index is 578. The Morgan fingerprint density at radius 3 is 2.50 bits per heavy atom. The summed E-state index contributed by atoms with van der Waals surface area (Å²) in [4.78, 5) is 5.65. The molecule has 0 aliphatic heterocycles. The fourth-order valence-electron chi connectivity index (χ4n) is 1.84. The average Bonchev–Trinajstić information content (AvgIpc) is 2.82. The predicted molar refractivity (Wildman–Crippen MR) is 90.5 cm³/mol. The average molecular weight is 420 g/mol. The van der Waals surface area contributed by atoms with Gasteiger partial charge >= 0.3 is 0 Å². The van der Waals surface area contributed by atoms with Crippen LogP contribution in [0.2, 0.25) is 0 Å². The molecule has 2 aromatic rings. The Morgan fingerprint density at radius 2 is 2.00 bits per heavy atom. The third-order valence-corrected chi connectivity index (χ3v) is 5.16. The van der Waals surface area contributed by atoms with Crippen molar-refractivity contribution in [2.45, 2.75) is 26.4 Å². The number of halogens is 2. The van der Waals surface area contributed by atoms with Crippen LogP contribution in [0, 0.1) is 6.92 Å². The Morgan fingerprint density at radius 1 is 1.35 bits per heavy atom. The van der Waals surface area contributed by atoms with Crippen molar-refractivity contribution in [3.05, 3.63) is 42.7 Å². The summed E-state index contributed by atoms with van der Waals surface area (Å²) in [5.41, 5.74) is 1.18. The maximum absolute atomic E-state index is 5.31. The molecule has 1 N–H and O–H groups in total. The molecule has 0 amide bonds. The first-order valence-corrected chi connectivity index (χ1v) is 8.59. The molecule has 20 heavy (non-hydrogen) atoms. The standard InChI is InChI=1S/C14H16Br2N2OS/c1-8-6-18-14(20-8)9(2)17-7-10-4-11(15)13(19-3)12(16)5-10/h4-6,9,17H,7H2,1-3H3. The van der Waals surface area contributed by atoms with Crippen molar-refractivity contribution in [1.82, 2.24) is 10.3 Å². The summed E-state index contributed by atoms with van der Waals surface area (Å²) in [5, 5.41) is 4.61. The maximum atomic E-state index is 5.31. The first-order valence-electron chi connectivity index (χ1n) is 6.19. The van der Waals surface area contributed by atoms with Gasteiger partial charge in [-0.1, -0.05) is 0 Å². The Kier molecular flexibility index (Phi) is 5.60. The van der Waals surface area contributed by atoms with Crippen molar-refractivity contribution in [3.8, 4) is 5.75 Å². The summed E-state index contributed by atoms with van der Waals surface area (Å²) in [6.07, 6.45) is 1.92. The summed E-state index contributed by atoms with van der Waals surface area (Å²) in [5.74, 6) is 0.817. The Labute approximate surface area is 140 Å². The van der Waals surface area contributed by atoms with Gasteiger partial charge in [-0.2, -0.15) is 0 Å². The summed E-state index contributed by atoms with van der Waals surface area (Å²) in [7, 11) is 1.66. The topological polar surface area (TPSA) is 34.1 Å². The third-order valence-electron chi connectivity index (χ3n) is 2.88. The van der Waals surface area contributed by atoms with Gasteiger partial charge in [-0.3, -0.25) is 0 Å². The van der Waals surface area contributed by atoms with Crippen LogP contribution in [0.25, 0.3) is 0 Å². The number of hydrogen-bond donors (Lipinski definition) is 1. The fourth-order valence-corrected chi connectivity index (χ4v) is 4.25. The molecule has 1 unspecified atom stereocenters. The highest BCUT2D eigenvalue weighted by molar-refractivity contribution is 9.11. The lowest BCUT2D eigenvalue weighted by Crippen LogP contribution is -2.17. The molecular weight excluding hydrogens is 404 g/mol. The summed E-state index contributed by atoms with van der Waals surface area (Å²) in [6, 6.07) is 4.38. The number of aromatic nitrogens is 1. The fraction of sp³-hybridized carbons (Fsp3) is 0.357. The molecule has 1 atom stereocenters. The molecule has 0 aliphatic rings. The second-order valence-electron chi connectivity index (χ2n) is 4.50. The van der Waals surface area contributed by atoms with Crippen molar-refractivity contribution in [3.63, 3.8) is 0 Å². The van der Waals surface area contributed by atoms with E-state index in [1.807, 2.05) is 6.20 Å². The van der Waals surface area contributed by atoms with Gasteiger partial charge in [0.15, 0.2) is 0 Å². The predicted octanol–water partition coefficient (Wildman–Crippen LogP) is 4.84. The molecule has 0 fully saturated rings. The van der Waals surface area contributed by atoms with Crippen molar-refractivity contribution < 1.29 is 4.74 Å². The lowest BCUT2D eigenvalue weighted by atomic mass is 10.2.